The summed E-state index contributed by atoms with van der Waals surface area (Å²) in [6.45, 7) is 4.89. The van der Waals surface area contributed by atoms with Gasteiger partial charge in [0, 0.05) is 38.4 Å². The Morgan fingerprint density at radius 1 is 1.28 bits per heavy atom. The van der Waals surface area contributed by atoms with Crippen molar-refractivity contribution in [2.75, 3.05) is 38.5 Å². The van der Waals surface area contributed by atoms with Gasteiger partial charge in [-0.1, -0.05) is 13.8 Å². The lowest BCUT2D eigenvalue weighted by Crippen LogP contribution is -2.51. The summed E-state index contributed by atoms with van der Waals surface area (Å²) in [6.07, 6.45) is 0.0936. The maximum absolute atomic E-state index is 12.8. The summed E-state index contributed by atoms with van der Waals surface area (Å²) < 4.78 is 15.6. The van der Waals surface area contributed by atoms with Gasteiger partial charge in [0.1, 0.15) is 6.04 Å². The van der Waals surface area contributed by atoms with Gasteiger partial charge in [0.25, 0.3) is 0 Å². The molecule has 2 N–H and O–H groups in total. The van der Waals surface area contributed by atoms with E-state index >= 15 is 0 Å². The summed E-state index contributed by atoms with van der Waals surface area (Å²) >= 11 is 0. The third-order valence-corrected chi connectivity index (χ3v) is 5.02. The van der Waals surface area contributed by atoms with Gasteiger partial charge in [-0.15, -0.1) is 0 Å². The average molecular weight is 405 g/mol. The first-order chi connectivity index (χ1) is 13.9. The van der Waals surface area contributed by atoms with Crippen molar-refractivity contribution in [3.63, 3.8) is 0 Å². The molecular formula is C20H27N3O6. The number of nitrogens with zero attached hydrogens (tertiary/aromatic N) is 1. The fourth-order valence-electron chi connectivity index (χ4n) is 3.38. The van der Waals surface area contributed by atoms with Gasteiger partial charge in [-0.25, -0.2) is 0 Å². The molecule has 9 nitrogen and oxygen atoms in total. The van der Waals surface area contributed by atoms with Gasteiger partial charge in [0.15, 0.2) is 11.5 Å². The zero-order valence-corrected chi connectivity index (χ0v) is 16.9. The molecule has 0 radical (unpaired) electrons. The van der Waals surface area contributed by atoms with Crippen LogP contribution in [-0.4, -0.2) is 57.4 Å². The van der Waals surface area contributed by atoms with Crippen LogP contribution in [0.2, 0.25) is 0 Å². The Bertz CT molecular complexity index is 781. The lowest BCUT2D eigenvalue weighted by Gasteiger charge is -2.23. The number of anilines is 1. The first-order valence-corrected chi connectivity index (χ1v) is 9.67. The van der Waals surface area contributed by atoms with Gasteiger partial charge in [-0.05, 0) is 18.1 Å². The van der Waals surface area contributed by atoms with Crippen LogP contribution < -0.4 is 25.0 Å². The standard InChI is InChI=1S/C20H27N3O6/c1-12(2)18(20(26)21-6-7-27-3)22-19(25)13-8-17(24)23(10-13)14-4-5-15-16(9-14)29-11-28-15/h4-5,9,12-13,18H,6-8,10-11H2,1-3H3,(H,21,26)(H,22,25)/t13-,18+/m1/s1. The molecule has 1 fully saturated rings. The van der Waals surface area contributed by atoms with E-state index in [1.807, 2.05) is 13.8 Å². The van der Waals surface area contributed by atoms with Gasteiger partial charge in [0.2, 0.25) is 24.5 Å². The van der Waals surface area contributed by atoms with Crippen LogP contribution in [0.1, 0.15) is 20.3 Å². The van der Waals surface area contributed by atoms with Gasteiger partial charge in [0.05, 0.1) is 12.5 Å². The number of nitrogens with one attached hydrogen (secondary N) is 2. The molecule has 158 valence electrons. The Morgan fingerprint density at radius 2 is 2.03 bits per heavy atom. The van der Waals surface area contributed by atoms with Crippen molar-refractivity contribution in [3.8, 4) is 11.5 Å². The summed E-state index contributed by atoms with van der Waals surface area (Å²) in [5.41, 5.74) is 0.660. The third-order valence-electron chi connectivity index (χ3n) is 5.02. The molecule has 1 saturated heterocycles. The van der Waals surface area contributed by atoms with Crippen molar-refractivity contribution >= 4 is 23.4 Å². The molecule has 0 spiro atoms. The van der Waals surface area contributed by atoms with E-state index < -0.39 is 12.0 Å². The molecule has 2 heterocycles. The van der Waals surface area contributed by atoms with E-state index in [9.17, 15) is 14.4 Å². The van der Waals surface area contributed by atoms with Crippen molar-refractivity contribution in [2.24, 2.45) is 11.8 Å². The highest BCUT2D eigenvalue weighted by atomic mass is 16.7. The van der Waals surface area contributed by atoms with Crippen LogP contribution in [0.5, 0.6) is 11.5 Å². The molecule has 29 heavy (non-hydrogen) atoms. The maximum atomic E-state index is 12.8. The van der Waals surface area contributed by atoms with E-state index in [-0.39, 0.29) is 43.4 Å². The quantitative estimate of drug-likeness (QED) is 0.616. The number of benzene rings is 1. The van der Waals surface area contributed by atoms with Gasteiger partial charge >= 0.3 is 0 Å². The van der Waals surface area contributed by atoms with Crippen LogP contribution in [0, 0.1) is 11.8 Å². The van der Waals surface area contributed by atoms with Crippen molar-refractivity contribution in [1.82, 2.24) is 10.6 Å². The first kappa shape index (κ1) is 20.9. The number of ether oxygens (including phenoxy) is 3. The van der Waals surface area contributed by atoms with E-state index in [1.165, 1.54) is 0 Å². The molecule has 0 saturated carbocycles. The van der Waals surface area contributed by atoms with Crippen molar-refractivity contribution < 1.29 is 28.6 Å². The number of methoxy groups -OCH3 is 1. The average Bonchev–Trinajstić information content (AvgIpc) is 3.31. The highest BCUT2D eigenvalue weighted by molar-refractivity contribution is 6.01. The lowest BCUT2D eigenvalue weighted by molar-refractivity contribution is -0.132. The second kappa shape index (κ2) is 9.13. The molecule has 1 aromatic rings. The maximum Gasteiger partial charge on any atom is 0.242 e. The van der Waals surface area contributed by atoms with Crippen LogP contribution >= 0.6 is 0 Å². The Balaban J connectivity index is 1.62. The summed E-state index contributed by atoms with van der Waals surface area (Å²) in [4.78, 5) is 39.2. The van der Waals surface area contributed by atoms with E-state index in [0.29, 0.717) is 30.3 Å². The predicted octanol–water partition coefficient (Wildman–Crippen LogP) is 0.672. The third kappa shape index (κ3) is 4.79. The Labute approximate surface area is 169 Å². The second-order valence-electron chi connectivity index (χ2n) is 7.46. The fourth-order valence-corrected chi connectivity index (χ4v) is 3.38. The summed E-state index contributed by atoms with van der Waals surface area (Å²) in [6, 6.07) is 4.58. The molecule has 0 bridgehead atoms. The summed E-state index contributed by atoms with van der Waals surface area (Å²) in [5.74, 6) is -0.117. The summed E-state index contributed by atoms with van der Waals surface area (Å²) in [7, 11) is 1.55. The van der Waals surface area contributed by atoms with E-state index in [4.69, 9.17) is 14.2 Å². The molecule has 2 aliphatic rings. The SMILES string of the molecule is COCCNC(=O)[C@@H](NC(=O)[C@@H]1CC(=O)N(c2ccc3c(c2)OCO3)C1)C(C)C. The zero-order valence-electron chi connectivity index (χ0n) is 16.9. The normalized spacial score (nSPS) is 18.8. The zero-order chi connectivity index (χ0) is 21.0. The number of carbonyl (C=O) groups is 3. The predicted molar refractivity (Wildman–Crippen MR) is 105 cm³/mol. The molecule has 3 amide bonds. The van der Waals surface area contributed by atoms with E-state index in [0.717, 1.165) is 0 Å². The minimum absolute atomic E-state index is 0.0936. The molecule has 2 atom stereocenters. The fraction of sp³-hybridized carbons (Fsp3) is 0.550. The Morgan fingerprint density at radius 3 is 2.76 bits per heavy atom. The van der Waals surface area contributed by atoms with E-state index in [1.54, 1.807) is 30.2 Å². The molecule has 2 aliphatic heterocycles. The Hall–Kier alpha value is -2.81. The molecular weight excluding hydrogens is 378 g/mol. The van der Waals surface area contributed by atoms with E-state index in [2.05, 4.69) is 10.6 Å². The molecule has 3 rings (SSSR count). The largest absolute Gasteiger partial charge is 0.454 e. The van der Waals surface area contributed by atoms with Crippen LogP contribution in [-0.2, 0) is 19.1 Å². The molecule has 0 aromatic heterocycles. The molecule has 0 aliphatic carbocycles. The van der Waals surface area contributed by atoms with Gasteiger partial charge in [-0.3, -0.25) is 14.4 Å². The lowest BCUT2D eigenvalue weighted by atomic mass is 10.0. The smallest absolute Gasteiger partial charge is 0.242 e. The minimum atomic E-state index is -0.672. The monoisotopic (exact) mass is 405 g/mol. The Kier molecular flexibility index (Phi) is 6.58. The number of carbonyl (C=O) groups excluding carboxylic acids is 3. The molecule has 0 unspecified atom stereocenters. The first-order valence-electron chi connectivity index (χ1n) is 9.67. The van der Waals surface area contributed by atoms with Gasteiger partial charge in [-0.2, -0.15) is 0 Å². The highest BCUT2D eigenvalue weighted by Gasteiger charge is 2.37. The minimum Gasteiger partial charge on any atom is -0.454 e. The highest BCUT2D eigenvalue weighted by Crippen LogP contribution is 2.37. The van der Waals surface area contributed by atoms with Gasteiger partial charge < -0.3 is 29.7 Å². The van der Waals surface area contributed by atoms with Crippen molar-refractivity contribution in [1.29, 1.82) is 0 Å². The number of fused-ring (bicyclic) bond motifs is 1. The van der Waals surface area contributed by atoms with Crippen molar-refractivity contribution in [2.45, 2.75) is 26.3 Å². The molecule has 1 aromatic carbocycles. The topological polar surface area (TPSA) is 106 Å². The summed E-state index contributed by atoms with van der Waals surface area (Å²) in [5, 5.41) is 5.55. The van der Waals surface area contributed by atoms with Crippen LogP contribution in [0.15, 0.2) is 18.2 Å². The van der Waals surface area contributed by atoms with Crippen molar-refractivity contribution in [3.05, 3.63) is 18.2 Å². The molecule has 9 heteroatoms. The van der Waals surface area contributed by atoms with Crippen LogP contribution in [0.25, 0.3) is 0 Å². The number of hydrogen-bond donors (Lipinski definition) is 2. The van der Waals surface area contributed by atoms with Crippen LogP contribution in [0.3, 0.4) is 0 Å². The number of amides is 3. The van der Waals surface area contributed by atoms with Crippen LogP contribution in [0.4, 0.5) is 5.69 Å². The second-order valence-corrected chi connectivity index (χ2v) is 7.46. The number of rotatable bonds is 8. The number of hydrogen-bond acceptors (Lipinski definition) is 6.